The average Bonchev–Trinajstić information content (AvgIpc) is 2.50. The number of Topliss-reactive ketones (excluding diaryl/α,β-unsaturated/α-hetero) is 3. The van der Waals surface area contributed by atoms with Gasteiger partial charge in [-0.3, -0.25) is 9.59 Å². The maximum absolute atomic E-state index is 12.1. The molecule has 22 heavy (non-hydrogen) atoms. The first-order valence-electron chi connectivity index (χ1n) is 7.45. The normalized spacial score (nSPS) is 11.9. The number of carbonyl (C=O) groups is 3. The lowest BCUT2D eigenvalue weighted by Gasteiger charge is -2.14. The summed E-state index contributed by atoms with van der Waals surface area (Å²) in [6.45, 7) is 1.52. The molecular formula is C17H23NO4. The average molecular weight is 305 g/mol. The second-order valence-electron chi connectivity index (χ2n) is 5.41. The van der Waals surface area contributed by atoms with Gasteiger partial charge in [0.15, 0.2) is 5.78 Å². The topological polar surface area (TPSA) is 83.5 Å². The number of aromatic hydroxyl groups is 1. The van der Waals surface area contributed by atoms with Crippen LogP contribution in [0.5, 0.6) is 5.75 Å². The van der Waals surface area contributed by atoms with Gasteiger partial charge in [-0.15, -0.1) is 0 Å². The molecule has 0 heterocycles. The highest BCUT2D eigenvalue weighted by Gasteiger charge is 2.23. The zero-order chi connectivity index (χ0) is 16.5. The number of rotatable bonds is 10. The van der Waals surface area contributed by atoms with Crippen molar-refractivity contribution in [1.29, 1.82) is 0 Å². The van der Waals surface area contributed by atoms with E-state index in [4.69, 9.17) is 0 Å². The minimum Gasteiger partial charge on any atom is -0.508 e. The predicted molar refractivity (Wildman–Crippen MR) is 83.8 cm³/mol. The summed E-state index contributed by atoms with van der Waals surface area (Å²) in [5.74, 6) is -0.572. The Morgan fingerprint density at radius 3 is 2.23 bits per heavy atom. The SMILES string of the molecule is CN[C@@H](Cc1ccc(O)cc1)C(=O)C(=O)CCCCC(C)=O. The lowest BCUT2D eigenvalue weighted by Crippen LogP contribution is -2.40. The quantitative estimate of drug-likeness (QED) is 0.509. The van der Waals surface area contributed by atoms with Crippen LogP contribution < -0.4 is 5.32 Å². The third kappa shape index (κ3) is 6.18. The number of hydrogen-bond donors (Lipinski definition) is 2. The van der Waals surface area contributed by atoms with Crippen LogP contribution in [0.1, 0.15) is 38.2 Å². The van der Waals surface area contributed by atoms with Crippen molar-refractivity contribution < 1.29 is 19.5 Å². The number of hydrogen-bond acceptors (Lipinski definition) is 5. The molecule has 120 valence electrons. The number of benzene rings is 1. The van der Waals surface area contributed by atoms with E-state index in [9.17, 15) is 19.5 Å². The van der Waals surface area contributed by atoms with Crippen LogP contribution in [0.15, 0.2) is 24.3 Å². The first kappa shape index (κ1) is 18.0. The Kier molecular flexibility index (Phi) is 7.46. The smallest absolute Gasteiger partial charge is 0.215 e. The summed E-state index contributed by atoms with van der Waals surface area (Å²) in [5, 5.41) is 12.1. The van der Waals surface area contributed by atoms with E-state index in [1.807, 2.05) is 0 Å². The number of likely N-dealkylation sites (N-methyl/N-ethyl adjacent to an activating group) is 1. The molecule has 0 unspecified atom stereocenters. The molecule has 0 saturated heterocycles. The van der Waals surface area contributed by atoms with E-state index in [2.05, 4.69) is 5.32 Å². The zero-order valence-electron chi connectivity index (χ0n) is 13.1. The molecule has 1 atom stereocenters. The predicted octanol–water partition coefficient (Wildman–Crippen LogP) is 1.81. The minimum atomic E-state index is -0.565. The third-order valence-corrected chi connectivity index (χ3v) is 3.50. The van der Waals surface area contributed by atoms with Gasteiger partial charge in [0, 0.05) is 12.8 Å². The molecule has 0 aromatic heterocycles. The highest BCUT2D eigenvalue weighted by Crippen LogP contribution is 2.12. The van der Waals surface area contributed by atoms with Crippen molar-refractivity contribution in [2.24, 2.45) is 0 Å². The lowest BCUT2D eigenvalue weighted by molar-refractivity contribution is -0.137. The third-order valence-electron chi connectivity index (χ3n) is 3.50. The molecule has 0 bridgehead atoms. The second kappa shape index (κ2) is 9.10. The Balaban J connectivity index is 2.50. The van der Waals surface area contributed by atoms with Crippen molar-refractivity contribution in [1.82, 2.24) is 5.32 Å². The van der Waals surface area contributed by atoms with Crippen molar-refractivity contribution in [3.05, 3.63) is 29.8 Å². The Morgan fingerprint density at radius 1 is 1.09 bits per heavy atom. The maximum atomic E-state index is 12.1. The van der Waals surface area contributed by atoms with Crippen molar-refractivity contribution in [2.75, 3.05) is 7.05 Å². The summed E-state index contributed by atoms with van der Waals surface area (Å²) in [6, 6.07) is 5.99. The van der Waals surface area contributed by atoms with Gasteiger partial charge in [-0.05, 0) is 50.9 Å². The van der Waals surface area contributed by atoms with Crippen LogP contribution in [0.25, 0.3) is 0 Å². The fourth-order valence-electron chi connectivity index (χ4n) is 2.17. The lowest BCUT2D eigenvalue weighted by atomic mass is 9.97. The molecule has 0 radical (unpaired) electrons. The molecule has 0 aliphatic carbocycles. The van der Waals surface area contributed by atoms with E-state index in [0.29, 0.717) is 25.7 Å². The standard InChI is InChI=1S/C17H23NO4/c1-12(19)5-3-4-6-16(21)17(22)15(18-2)11-13-7-9-14(20)10-8-13/h7-10,15,18,20H,3-6,11H2,1-2H3/t15-/m0/s1. The number of phenols is 1. The van der Waals surface area contributed by atoms with Gasteiger partial charge in [0.05, 0.1) is 6.04 Å². The summed E-state index contributed by atoms with van der Waals surface area (Å²) >= 11 is 0. The van der Waals surface area contributed by atoms with E-state index in [0.717, 1.165) is 5.56 Å². The van der Waals surface area contributed by atoms with Crippen LogP contribution in [0.2, 0.25) is 0 Å². The Hall–Kier alpha value is -2.01. The van der Waals surface area contributed by atoms with E-state index in [1.165, 1.54) is 6.92 Å². The fourth-order valence-corrected chi connectivity index (χ4v) is 2.17. The van der Waals surface area contributed by atoms with Gasteiger partial charge in [-0.25, -0.2) is 0 Å². The fraction of sp³-hybridized carbons (Fsp3) is 0.471. The monoisotopic (exact) mass is 305 g/mol. The molecule has 1 aromatic carbocycles. The maximum Gasteiger partial charge on any atom is 0.215 e. The zero-order valence-corrected chi connectivity index (χ0v) is 13.1. The van der Waals surface area contributed by atoms with Crippen LogP contribution in [0, 0.1) is 0 Å². The van der Waals surface area contributed by atoms with Gasteiger partial charge in [0.25, 0.3) is 0 Å². The van der Waals surface area contributed by atoms with Crippen LogP contribution in [-0.4, -0.2) is 35.5 Å². The van der Waals surface area contributed by atoms with Gasteiger partial charge < -0.3 is 15.2 Å². The van der Waals surface area contributed by atoms with Crippen molar-refractivity contribution >= 4 is 17.3 Å². The van der Waals surface area contributed by atoms with Gasteiger partial charge in [-0.2, -0.15) is 0 Å². The van der Waals surface area contributed by atoms with Gasteiger partial charge in [-0.1, -0.05) is 12.1 Å². The largest absolute Gasteiger partial charge is 0.508 e. The number of ketones is 3. The number of carbonyl (C=O) groups excluding carboxylic acids is 3. The summed E-state index contributed by atoms with van der Waals surface area (Å²) in [6.07, 6.45) is 2.22. The van der Waals surface area contributed by atoms with Gasteiger partial charge >= 0.3 is 0 Å². The molecule has 5 nitrogen and oxygen atoms in total. The minimum absolute atomic E-state index is 0.0965. The molecule has 0 amide bonds. The first-order chi connectivity index (χ1) is 10.4. The molecule has 2 N–H and O–H groups in total. The highest BCUT2D eigenvalue weighted by molar-refractivity contribution is 6.39. The number of phenolic OH excluding ortho intramolecular Hbond substituents is 1. The van der Waals surface area contributed by atoms with Crippen molar-refractivity contribution in [3.8, 4) is 5.75 Å². The van der Waals surface area contributed by atoms with Crippen molar-refractivity contribution in [2.45, 2.75) is 45.1 Å². The molecule has 0 saturated carbocycles. The first-order valence-corrected chi connectivity index (χ1v) is 7.45. The van der Waals surface area contributed by atoms with E-state index in [-0.39, 0.29) is 18.0 Å². The molecule has 0 fully saturated rings. The summed E-state index contributed by atoms with van der Waals surface area (Å²) < 4.78 is 0. The molecule has 1 aromatic rings. The molecule has 0 aliphatic rings. The second-order valence-corrected chi connectivity index (χ2v) is 5.41. The molecule has 5 heteroatoms. The highest BCUT2D eigenvalue weighted by atomic mass is 16.3. The van der Waals surface area contributed by atoms with E-state index >= 15 is 0 Å². The van der Waals surface area contributed by atoms with Crippen LogP contribution in [0.4, 0.5) is 0 Å². The number of unbranched alkanes of at least 4 members (excludes halogenated alkanes) is 1. The summed E-state index contributed by atoms with van der Waals surface area (Å²) in [4.78, 5) is 34.9. The van der Waals surface area contributed by atoms with Gasteiger partial charge in [0.1, 0.15) is 11.5 Å². The molecule has 1 rings (SSSR count). The van der Waals surface area contributed by atoms with E-state index in [1.54, 1.807) is 31.3 Å². The Bertz CT molecular complexity index is 522. The van der Waals surface area contributed by atoms with Crippen LogP contribution in [0.3, 0.4) is 0 Å². The molecule has 0 spiro atoms. The van der Waals surface area contributed by atoms with Crippen LogP contribution >= 0.6 is 0 Å². The van der Waals surface area contributed by atoms with Crippen molar-refractivity contribution in [3.63, 3.8) is 0 Å². The summed E-state index contributed by atoms with van der Waals surface area (Å²) in [5.41, 5.74) is 0.870. The summed E-state index contributed by atoms with van der Waals surface area (Å²) in [7, 11) is 1.64. The van der Waals surface area contributed by atoms with Gasteiger partial charge in [0.2, 0.25) is 5.78 Å². The number of nitrogens with one attached hydrogen (secondary N) is 1. The molecular weight excluding hydrogens is 282 g/mol. The Morgan fingerprint density at radius 2 is 1.68 bits per heavy atom. The molecule has 0 aliphatic heterocycles. The Labute approximate surface area is 130 Å². The van der Waals surface area contributed by atoms with Crippen LogP contribution in [-0.2, 0) is 20.8 Å². The van der Waals surface area contributed by atoms with E-state index < -0.39 is 17.6 Å².